The zero-order valence-electron chi connectivity index (χ0n) is 22.4. The molecule has 6 atom stereocenters. The van der Waals surface area contributed by atoms with Crippen LogP contribution < -0.4 is 11.1 Å². The Labute approximate surface area is 232 Å². The zero-order chi connectivity index (χ0) is 30.3. The molecular weight excluding hydrogens is 546 g/mol. The number of rotatable bonds is 4. The number of amides is 2. The Bertz CT molecular complexity index is 1470. The average molecular weight is 577 g/mol. The summed E-state index contributed by atoms with van der Waals surface area (Å²) in [5.41, 5.74) is -0.0336. The molecule has 14 heteroatoms. The Kier molecular flexibility index (Phi) is 6.71. The van der Waals surface area contributed by atoms with Crippen LogP contribution in [0.1, 0.15) is 24.0 Å². The number of primary amides is 1. The van der Waals surface area contributed by atoms with Crippen LogP contribution in [-0.4, -0.2) is 105 Å². The molecule has 41 heavy (non-hydrogen) atoms. The highest BCUT2D eigenvalue weighted by Gasteiger charge is 2.64. The molecule has 7 N–H and O–H groups in total. The first-order valence-corrected chi connectivity index (χ1v) is 12.9. The molecule has 1 heterocycles. The number of nitrogens with zero attached hydrogens (tertiary/aromatic N) is 2. The third-order valence-corrected chi connectivity index (χ3v) is 8.72. The molecule has 2 amide bonds. The first-order valence-electron chi connectivity index (χ1n) is 12.9. The van der Waals surface area contributed by atoms with Gasteiger partial charge >= 0.3 is 0 Å². The summed E-state index contributed by atoms with van der Waals surface area (Å²) < 4.78 is 29.2. The Morgan fingerprint density at radius 2 is 1.85 bits per heavy atom. The number of halogens is 2. The van der Waals surface area contributed by atoms with E-state index in [4.69, 9.17) is 5.73 Å². The number of fused-ring (bicyclic) bond motifs is 3. The van der Waals surface area contributed by atoms with Crippen LogP contribution in [0, 0.1) is 17.7 Å². The maximum atomic E-state index is 15.4. The van der Waals surface area contributed by atoms with Crippen molar-refractivity contribution in [3.05, 3.63) is 39.9 Å². The van der Waals surface area contributed by atoms with Crippen molar-refractivity contribution in [3.8, 4) is 5.75 Å². The van der Waals surface area contributed by atoms with Crippen molar-refractivity contribution in [1.29, 1.82) is 0 Å². The molecule has 0 bridgehead atoms. The number of alkyl halides is 1. The number of carbonyl (C=O) groups excluding carboxylic acids is 4. The maximum absolute atomic E-state index is 15.4. The number of ketones is 2. The van der Waals surface area contributed by atoms with Crippen molar-refractivity contribution < 1.29 is 48.4 Å². The standard InChI is InChI=1S/C27H30F2N4O8/c1-32(2)19-12-5-9-4-11-13(29)7-14(31-26(40)15-6-10(28)8-33(15)3)20(34)17(11)21(35)16(9)23(37)27(12,41)24(38)18(22(19)36)25(30)39/h7,9-10,12,15,19,34-35,38,41H,4-6,8H2,1-3H3,(H2,30,39)(H,31,40)/t9-,10-,12-,15-,19-,27-/m0/s1. The van der Waals surface area contributed by atoms with Gasteiger partial charge in [0.2, 0.25) is 11.7 Å². The Morgan fingerprint density at radius 3 is 2.41 bits per heavy atom. The SMILES string of the molecule is CN(C)[C@@H]1C(=O)C(C(N)=O)=C(O)[C@@]2(O)C(=O)C3=C(O)c4c(O)c(NC(=O)[C@@H]5C[C@H](F)CN5C)cc(F)c4C[C@H]3C[C@@H]12. The molecule has 220 valence electrons. The number of aliphatic hydroxyl groups excluding tert-OH is 2. The van der Waals surface area contributed by atoms with Crippen molar-refractivity contribution in [2.75, 3.05) is 33.0 Å². The van der Waals surface area contributed by atoms with Gasteiger partial charge in [-0.05, 0) is 39.9 Å². The summed E-state index contributed by atoms with van der Waals surface area (Å²) in [6.07, 6.45) is -1.78. The van der Waals surface area contributed by atoms with Crippen molar-refractivity contribution >= 4 is 34.8 Å². The van der Waals surface area contributed by atoms with Crippen LogP contribution in [0.4, 0.5) is 14.5 Å². The molecule has 1 saturated carbocycles. The first kappa shape index (κ1) is 28.6. The van der Waals surface area contributed by atoms with Crippen molar-refractivity contribution in [2.45, 2.75) is 43.1 Å². The van der Waals surface area contributed by atoms with Crippen molar-refractivity contribution in [3.63, 3.8) is 0 Å². The number of likely N-dealkylation sites (tertiary alicyclic amines) is 1. The van der Waals surface area contributed by atoms with E-state index in [1.165, 1.54) is 30.9 Å². The molecule has 1 aromatic carbocycles. The second-order valence-electron chi connectivity index (χ2n) is 11.3. The number of phenolic OH excluding ortho intramolecular Hbond substituents is 1. The first-order chi connectivity index (χ1) is 19.1. The molecule has 12 nitrogen and oxygen atoms in total. The number of likely N-dealkylation sites (N-methyl/N-ethyl adjacent to an activating group) is 2. The van der Waals surface area contributed by atoms with E-state index in [0.717, 1.165) is 6.07 Å². The normalized spacial score (nSPS) is 31.7. The van der Waals surface area contributed by atoms with Gasteiger partial charge < -0.3 is 31.5 Å². The monoisotopic (exact) mass is 576 g/mol. The molecule has 0 aromatic heterocycles. The summed E-state index contributed by atoms with van der Waals surface area (Å²) in [7, 11) is 4.48. The predicted molar refractivity (Wildman–Crippen MR) is 139 cm³/mol. The summed E-state index contributed by atoms with van der Waals surface area (Å²) in [4.78, 5) is 54.6. The number of aromatic hydroxyl groups is 1. The van der Waals surface area contributed by atoms with E-state index in [9.17, 15) is 44.0 Å². The van der Waals surface area contributed by atoms with Gasteiger partial charge in [0.1, 0.15) is 29.1 Å². The van der Waals surface area contributed by atoms with Crippen molar-refractivity contribution in [2.24, 2.45) is 17.6 Å². The highest BCUT2D eigenvalue weighted by molar-refractivity contribution is 6.24. The number of nitrogens with two attached hydrogens (primary N) is 1. The van der Waals surface area contributed by atoms with E-state index in [2.05, 4.69) is 5.32 Å². The largest absolute Gasteiger partial charge is 0.508 e. The summed E-state index contributed by atoms with van der Waals surface area (Å²) in [6.45, 7) is 0.0158. The maximum Gasteiger partial charge on any atom is 0.255 e. The van der Waals surface area contributed by atoms with Crippen molar-refractivity contribution in [1.82, 2.24) is 9.80 Å². The van der Waals surface area contributed by atoms with Crippen LogP contribution >= 0.6 is 0 Å². The van der Waals surface area contributed by atoms with Gasteiger partial charge in [-0.2, -0.15) is 0 Å². The molecule has 3 aliphatic carbocycles. The fourth-order valence-electron chi connectivity index (χ4n) is 6.82. The number of nitrogens with one attached hydrogen (secondary N) is 1. The van der Waals surface area contributed by atoms with Crippen LogP contribution in [0.3, 0.4) is 0 Å². The Hall–Kier alpha value is -3.88. The highest BCUT2D eigenvalue weighted by Crippen LogP contribution is 2.53. The molecule has 1 aliphatic heterocycles. The van der Waals surface area contributed by atoms with Crippen LogP contribution in [0.15, 0.2) is 23.0 Å². The molecule has 1 aromatic rings. The lowest BCUT2D eigenvalue weighted by Crippen LogP contribution is -2.65. The summed E-state index contributed by atoms with van der Waals surface area (Å²) >= 11 is 0. The lowest BCUT2D eigenvalue weighted by molar-refractivity contribution is -0.153. The summed E-state index contributed by atoms with van der Waals surface area (Å²) in [5, 5.41) is 47.1. The number of hydrogen-bond acceptors (Lipinski definition) is 10. The minimum atomic E-state index is -2.83. The highest BCUT2D eigenvalue weighted by atomic mass is 19.1. The molecule has 0 spiro atoms. The minimum absolute atomic E-state index is 0.0158. The van der Waals surface area contributed by atoms with E-state index in [1.807, 2.05) is 0 Å². The van der Waals surface area contributed by atoms with E-state index in [-0.39, 0.29) is 31.4 Å². The molecule has 0 unspecified atom stereocenters. The fourth-order valence-corrected chi connectivity index (χ4v) is 6.82. The van der Waals surface area contributed by atoms with Gasteiger partial charge in [-0.15, -0.1) is 0 Å². The lowest BCUT2D eigenvalue weighted by atomic mass is 9.57. The molecule has 1 saturated heterocycles. The van der Waals surface area contributed by atoms with E-state index in [1.54, 1.807) is 0 Å². The smallest absolute Gasteiger partial charge is 0.255 e. The molecule has 2 fully saturated rings. The van der Waals surface area contributed by atoms with Gasteiger partial charge in [0.25, 0.3) is 5.91 Å². The molecule has 5 rings (SSSR count). The molecule has 0 radical (unpaired) electrons. The number of carbonyl (C=O) groups is 4. The van der Waals surface area contributed by atoms with Gasteiger partial charge in [-0.25, -0.2) is 8.78 Å². The molecular formula is C27H30F2N4O8. The number of anilines is 1. The van der Waals surface area contributed by atoms with Gasteiger partial charge in [0.05, 0.1) is 23.3 Å². The van der Waals surface area contributed by atoms with Crippen LogP contribution in [0.2, 0.25) is 0 Å². The minimum Gasteiger partial charge on any atom is -0.508 e. The van der Waals surface area contributed by atoms with E-state index in [0.29, 0.717) is 0 Å². The number of benzene rings is 1. The zero-order valence-corrected chi connectivity index (χ0v) is 22.4. The molecule has 4 aliphatic rings. The Balaban J connectivity index is 1.61. The van der Waals surface area contributed by atoms with E-state index >= 15 is 4.39 Å². The third kappa shape index (κ3) is 4.03. The van der Waals surface area contributed by atoms with Gasteiger partial charge in [-0.1, -0.05) is 0 Å². The lowest BCUT2D eigenvalue weighted by Gasteiger charge is -2.50. The number of phenols is 1. The third-order valence-electron chi connectivity index (χ3n) is 8.72. The average Bonchev–Trinajstić information content (AvgIpc) is 3.21. The van der Waals surface area contributed by atoms with Gasteiger partial charge in [-0.3, -0.25) is 29.0 Å². The summed E-state index contributed by atoms with van der Waals surface area (Å²) in [5.74, 6) is -10.3. The number of aliphatic hydroxyl groups is 3. The topological polar surface area (TPSA) is 194 Å². The van der Waals surface area contributed by atoms with Gasteiger partial charge in [0.15, 0.2) is 17.1 Å². The number of hydrogen-bond donors (Lipinski definition) is 6. The predicted octanol–water partition coefficient (Wildman–Crippen LogP) is 0.0838. The fraction of sp³-hybridized carbons (Fsp3) is 0.481. The quantitative estimate of drug-likeness (QED) is 0.211. The second kappa shape index (κ2) is 9.60. The second-order valence-corrected chi connectivity index (χ2v) is 11.3. The van der Waals surface area contributed by atoms with E-state index < -0.39 is 105 Å². The van der Waals surface area contributed by atoms with Crippen LogP contribution in [0.5, 0.6) is 5.75 Å². The van der Waals surface area contributed by atoms with Gasteiger partial charge in [0, 0.05) is 36.1 Å². The summed E-state index contributed by atoms with van der Waals surface area (Å²) in [6, 6.07) is -1.30. The van der Waals surface area contributed by atoms with Crippen LogP contribution in [0.25, 0.3) is 5.76 Å². The number of Topliss-reactive ketones (excluding diaryl/α,β-unsaturated/α-hetero) is 2. The van der Waals surface area contributed by atoms with Crippen LogP contribution in [-0.2, 0) is 25.6 Å². The Morgan fingerprint density at radius 1 is 1.20 bits per heavy atom.